The molecular weight excluding hydrogens is 602 g/mol. The minimum atomic E-state index is -1.88. The quantitative estimate of drug-likeness (QED) is 0.134. The van der Waals surface area contributed by atoms with Crippen LogP contribution < -0.4 is 15.5 Å². The molecule has 0 aliphatic heterocycles. The average Bonchev–Trinajstić information content (AvgIpc) is 3.00. The van der Waals surface area contributed by atoms with Crippen LogP contribution in [0.3, 0.4) is 0 Å². The van der Waals surface area contributed by atoms with Crippen molar-refractivity contribution < 1.29 is 24.4 Å². The number of anilines is 1. The van der Waals surface area contributed by atoms with Gasteiger partial charge in [0.2, 0.25) is 5.91 Å². The number of hydrogen-bond acceptors (Lipinski definition) is 6. The highest BCUT2D eigenvalue weighted by atomic mass is 35.5. The molecule has 0 fully saturated rings. The van der Waals surface area contributed by atoms with E-state index >= 15 is 0 Å². The van der Waals surface area contributed by atoms with Crippen LogP contribution >= 0.6 is 23.2 Å². The van der Waals surface area contributed by atoms with Gasteiger partial charge in [0, 0.05) is 24.2 Å². The van der Waals surface area contributed by atoms with E-state index in [2.05, 4.69) is 10.6 Å². The van der Waals surface area contributed by atoms with Gasteiger partial charge in [-0.2, -0.15) is 5.26 Å². The Morgan fingerprint density at radius 3 is 2.27 bits per heavy atom. The molecule has 0 aliphatic carbocycles. The van der Waals surface area contributed by atoms with E-state index in [0.717, 1.165) is 5.56 Å². The molecule has 0 saturated heterocycles. The molecule has 0 radical (unpaired) electrons. The number of allylic oxidation sites excluding steroid dienone is 1. The Labute approximate surface area is 267 Å². The number of halogens is 2. The highest BCUT2D eigenvalue weighted by Crippen LogP contribution is 2.22. The number of nitrogens with zero attached hydrogens (tertiary/aromatic N) is 2. The summed E-state index contributed by atoms with van der Waals surface area (Å²) in [6, 6.07) is 20.9. The second-order valence-corrected chi connectivity index (χ2v) is 11.4. The van der Waals surface area contributed by atoms with Crippen molar-refractivity contribution in [2.45, 2.75) is 38.7 Å². The van der Waals surface area contributed by atoms with Crippen molar-refractivity contribution in [3.05, 3.63) is 111 Å². The van der Waals surface area contributed by atoms with Crippen LogP contribution in [0.15, 0.2) is 84.4 Å². The number of amides is 3. The summed E-state index contributed by atoms with van der Waals surface area (Å²) < 4.78 is 0. The highest BCUT2D eigenvalue weighted by molar-refractivity contribution is 6.43. The summed E-state index contributed by atoms with van der Waals surface area (Å²) in [5, 5.41) is 35.3. The van der Waals surface area contributed by atoms with Gasteiger partial charge in [0.15, 0.2) is 0 Å². The van der Waals surface area contributed by atoms with Gasteiger partial charge >= 0.3 is 7.12 Å². The number of carbonyl (C=O) groups is 3. The van der Waals surface area contributed by atoms with Crippen LogP contribution in [0.1, 0.15) is 35.3 Å². The summed E-state index contributed by atoms with van der Waals surface area (Å²) in [5.41, 5.74) is 1.87. The molecule has 44 heavy (non-hydrogen) atoms. The van der Waals surface area contributed by atoms with E-state index in [-0.39, 0.29) is 39.9 Å². The van der Waals surface area contributed by atoms with Crippen LogP contribution in [0.4, 0.5) is 5.69 Å². The van der Waals surface area contributed by atoms with Crippen LogP contribution in [-0.2, 0) is 22.4 Å². The Kier molecular flexibility index (Phi) is 12.6. The number of nitrogens with one attached hydrogen (secondary N) is 2. The lowest BCUT2D eigenvalue weighted by molar-refractivity contribution is -0.123. The molecule has 0 bridgehead atoms. The molecule has 1 unspecified atom stereocenters. The van der Waals surface area contributed by atoms with Gasteiger partial charge in [0.05, 0.1) is 16.5 Å². The van der Waals surface area contributed by atoms with Crippen molar-refractivity contribution in [1.29, 1.82) is 5.26 Å². The molecule has 228 valence electrons. The number of nitriles is 1. The van der Waals surface area contributed by atoms with E-state index in [1.165, 1.54) is 30.1 Å². The second kappa shape index (κ2) is 16.1. The lowest BCUT2D eigenvalue weighted by Crippen LogP contribution is -2.55. The second-order valence-electron chi connectivity index (χ2n) is 10.5. The first kappa shape index (κ1) is 34.4. The van der Waals surface area contributed by atoms with Gasteiger partial charge in [0.25, 0.3) is 11.8 Å². The SMILES string of the molecule is CC(C)C=C(C#N)C(=O)N(C)c1cccc(CC(NC(=O)c2cc(Cl)ccc2Cl)C(=O)N[C@@H](Cc2ccccc2)B(O)O)c1. The van der Waals surface area contributed by atoms with Crippen molar-refractivity contribution in [3.63, 3.8) is 0 Å². The summed E-state index contributed by atoms with van der Waals surface area (Å²) in [6.45, 7) is 3.73. The molecule has 3 rings (SSSR count). The fourth-order valence-electron chi connectivity index (χ4n) is 4.41. The van der Waals surface area contributed by atoms with Crippen LogP contribution in [0.25, 0.3) is 0 Å². The average molecular weight is 635 g/mol. The lowest BCUT2D eigenvalue weighted by Gasteiger charge is -2.24. The van der Waals surface area contributed by atoms with Gasteiger partial charge in [-0.05, 0) is 53.8 Å². The van der Waals surface area contributed by atoms with Crippen molar-refractivity contribution in [1.82, 2.24) is 10.6 Å². The number of benzene rings is 3. The number of rotatable bonds is 12. The molecule has 12 heteroatoms. The van der Waals surface area contributed by atoms with Crippen LogP contribution in [-0.4, -0.2) is 53.9 Å². The minimum Gasteiger partial charge on any atom is -0.426 e. The van der Waals surface area contributed by atoms with Gasteiger partial charge in [0.1, 0.15) is 17.7 Å². The number of likely N-dealkylation sites (N-methyl/N-ethyl adjacent to an activating group) is 1. The first-order valence-electron chi connectivity index (χ1n) is 13.8. The molecule has 4 N–H and O–H groups in total. The van der Waals surface area contributed by atoms with E-state index in [1.807, 2.05) is 26.0 Å². The molecule has 0 aliphatic rings. The van der Waals surface area contributed by atoms with Gasteiger partial charge in [-0.1, -0.05) is 85.6 Å². The summed E-state index contributed by atoms with van der Waals surface area (Å²) in [5.74, 6) is -2.91. The first-order valence-corrected chi connectivity index (χ1v) is 14.6. The third-order valence-electron chi connectivity index (χ3n) is 6.67. The Morgan fingerprint density at radius 1 is 0.955 bits per heavy atom. The smallest absolute Gasteiger partial charge is 0.426 e. The van der Waals surface area contributed by atoms with E-state index in [0.29, 0.717) is 11.3 Å². The maximum absolute atomic E-state index is 13.6. The zero-order valence-electron chi connectivity index (χ0n) is 24.5. The zero-order chi connectivity index (χ0) is 32.4. The molecule has 3 aromatic carbocycles. The third-order valence-corrected chi connectivity index (χ3v) is 7.24. The van der Waals surface area contributed by atoms with Gasteiger partial charge in [-0.25, -0.2) is 0 Å². The van der Waals surface area contributed by atoms with Crippen LogP contribution in [0, 0.1) is 17.2 Å². The highest BCUT2D eigenvalue weighted by Gasteiger charge is 2.30. The van der Waals surface area contributed by atoms with Crippen LogP contribution in [0.5, 0.6) is 0 Å². The molecule has 2 atom stereocenters. The Morgan fingerprint density at radius 2 is 1.64 bits per heavy atom. The zero-order valence-corrected chi connectivity index (χ0v) is 26.0. The molecule has 9 nitrogen and oxygen atoms in total. The largest absolute Gasteiger partial charge is 0.475 e. The molecule has 3 amide bonds. The van der Waals surface area contributed by atoms with E-state index in [9.17, 15) is 29.7 Å². The number of hydrogen-bond donors (Lipinski definition) is 4. The molecule has 0 heterocycles. The third kappa shape index (κ3) is 9.69. The number of carbonyl (C=O) groups excluding carboxylic acids is 3. The van der Waals surface area contributed by atoms with E-state index in [1.54, 1.807) is 54.6 Å². The Hall–Kier alpha value is -4.14. The van der Waals surface area contributed by atoms with Gasteiger partial charge in [-0.3, -0.25) is 14.4 Å². The van der Waals surface area contributed by atoms with E-state index in [4.69, 9.17) is 23.2 Å². The van der Waals surface area contributed by atoms with E-state index < -0.39 is 36.8 Å². The first-order chi connectivity index (χ1) is 20.9. The Balaban J connectivity index is 1.91. The standard InChI is InChI=1S/C32H33BCl2N4O5/c1-20(2)14-23(19-36)32(42)39(3)25-11-7-10-22(15-25)16-28(37-30(40)26-18-24(34)12-13-27(26)35)31(41)38-29(33(43)44)17-21-8-5-4-6-9-21/h4-15,18,20,28-29,43-44H,16-17H2,1-3H3,(H,37,40)(H,38,41)/t28?,29-/m0/s1. The normalized spacial score (nSPS) is 12.6. The minimum absolute atomic E-state index is 0.00263. The summed E-state index contributed by atoms with van der Waals surface area (Å²) in [6.07, 6.45) is 1.68. The molecule has 0 spiro atoms. The monoisotopic (exact) mass is 634 g/mol. The van der Waals surface area contributed by atoms with Gasteiger partial charge in [-0.15, -0.1) is 0 Å². The summed E-state index contributed by atoms with van der Waals surface area (Å²) >= 11 is 12.3. The maximum Gasteiger partial charge on any atom is 0.475 e. The fourth-order valence-corrected chi connectivity index (χ4v) is 4.79. The van der Waals surface area contributed by atoms with Crippen molar-refractivity contribution in [3.8, 4) is 6.07 Å². The van der Waals surface area contributed by atoms with Crippen molar-refractivity contribution in [2.24, 2.45) is 5.92 Å². The molecular formula is C32H33BCl2N4O5. The van der Waals surface area contributed by atoms with Crippen molar-refractivity contribution in [2.75, 3.05) is 11.9 Å². The lowest BCUT2D eigenvalue weighted by atomic mass is 9.75. The fraction of sp³-hybridized carbons (Fsp3) is 0.250. The topological polar surface area (TPSA) is 143 Å². The molecule has 3 aromatic rings. The van der Waals surface area contributed by atoms with Crippen molar-refractivity contribution >= 4 is 53.7 Å². The maximum atomic E-state index is 13.6. The van der Waals surface area contributed by atoms with Gasteiger partial charge < -0.3 is 25.6 Å². The summed E-state index contributed by atoms with van der Waals surface area (Å²) in [4.78, 5) is 41.2. The Bertz CT molecular complexity index is 1560. The molecule has 0 saturated carbocycles. The van der Waals surface area contributed by atoms with Crippen LogP contribution in [0.2, 0.25) is 10.0 Å². The predicted molar refractivity (Wildman–Crippen MR) is 172 cm³/mol. The predicted octanol–water partition coefficient (Wildman–Crippen LogP) is 4.14. The summed E-state index contributed by atoms with van der Waals surface area (Å²) in [7, 11) is -0.342. The molecule has 0 aromatic heterocycles.